The number of hydrogen-bond donors (Lipinski definition) is 0. The van der Waals surface area contributed by atoms with Crippen LogP contribution in [0.5, 0.6) is 0 Å². The lowest BCUT2D eigenvalue weighted by Gasteiger charge is -2.12. The van der Waals surface area contributed by atoms with E-state index in [2.05, 4.69) is 91.0 Å². The van der Waals surface area contributed by atoms with Gasteiger partial charge in [0.25, 0.3) is 0 Å². The lowest BCUT2D eigenvalue weighted by atomic mass is 9.93. The first kappa shape index (κ1) is 27.5. The first-order valence-corrected chi connectivity index (χ1v) is 16.4. The topological polar surface area (TPSA) is 51.8 Å². The number of nitrogens with zero attached hydrogens (tertiary/aromatic N) is 3. The lowest BCUT2D eigenvalue weighted by Crippen LogP contribution is -2.00. The van der Waals surface area contributed by atoms with Crippen molar-refractivity contribution in [2.75, 3.05) is 0 Å². The van der Waals surface area contributed by atoms with Crippen LogP contribution >= 0.6 is 0 Å². The van der Waals surface area contributed by atoms with Gasteiger partial charge in [0.1, 0.15) is 11.2 Å². The SMILES string of the molecule is c1ccc(-c2nc(-c3ccccc3)nc(-c3ccc4cccc(-c5ccc6c(ccc7cc8oc9ccccc9c8cc76)c5)c4c3)n2)cc1. The van der Waals surface area contributed by atoms with Gasteiger partial charge in [-0.25, -0.2) is 15.0 Å². The molecule has 8 aromatic carbocycles. The summed E-state index contributed by atoms with van der Waals surface area (Å²) in [6.07, 6.45) is 0. The summed E-state index contributed by atoms with van der Waals surface area (Å²) in [6, 6.07) is 57.1. The Hall–Kier alpha value is -6.65. The molecule has 0 aliphatic carbocycles. The minimum absolute atomic E-state index is 0.646. The van der Waals surface area contributed by atoms with Gasteiger partial charge in [0.2, 0.25) is 0 Å². The zero-order valence-electron chi connectivity index (χ0n) is 26.3. The molecule has 0 bridgehead atoms. The molecule has 4 nitrogen and oxygen atoms in total. The van der Waals surface area contributed by atoms with Crippen LogP contribution in [0.3, 0.4) is 0 Å². The molecule has 10 rings (SSSR count). The third kappa shape index (κ3) is 4.65. The van der Waals surface area contributed by atoms with Crippen molar-refractivity contribution in [3.8, 4) is 45.3 Å². The third-order valence-corrected chi connectivity index (χ3v) is 9.48. The van der Waals surface area contributed by atoms with Gasteiger partial charge in [-0.2, -0.15) is 0 Å². The summed E-state index contributed by atoms with van der Waals surface area (Å²) >= 11 is 0. The molecule has 2 aromatic heterocycles. The summed E-state index contributed by atoms with van der Waals surface area (Å²) in [4.78, 5) is 14.9. The fraction of sp³-hybridized carbons (Fsp3) is 0. The van der Waals surface area contributed by atoms with Gasteiger partial charge < -0.3 is 4.42 Å². The van der Waals surface area contributed by atoms with Crippen LogP contribution in [0.15, 0.2) is 168 Å². The van der Waals surface area contributed by atoms with E-state index >= 15 is 0 Å². The second-order valence-electron chi connectivity index (χ2n) is 12.4. The van der Waals surface area contributed by atoms with E-state index in [1.54, 1.807) is 0 Å². The average molecular weight is 626 g/mol. The molecule has 0 aliphatic heterocycles. The summed E-state index contributed by atoms with van der Waals surface area (Å²) in [5, 5.41) is 9.41. The van der Waals surface area contributed by atoms with Crippen LogP contribution in [0.4, 0.5) is 0 Å². The monoisotopic (exact) mass is 625 g/mol. The van der Waals surface area contributed by atoms with Gasteiger partial charge in [0.05, 0.1) is 0 Å². The highest BCUT2D eigenvalue weighted by Gasteiger charge is 2.15. The first-order valence-electron chi connectivity index (χ1n) is 16.4. The number of hydrogen-bond acceptors (Lipinski definition) is 4. The van der Waals surface area contributed by atoms with Gasteiger partial charge in [0.15, 0.2) is 17.5 Å². The van der Waals surface area contributed by atoms with Crippen molar-refractivity contribution in [2.45, 2.75) is 0 Å². The van der Waals surface area contributed by atoms with Crippen molar-refractivity contribution < 1.29 is 4.42 Å². The van der Waals surface area contributed by atoms with E-state index in [0.717, 1.165) is 55.0 Å². The Morgan fingerprint density at radius 2 is 0.939 bits per heavy atom. The standard InChI is InChI=1S/C45H27N3O/c1-3-10-29(11-4-1)43-46-44(30-12-5-2-6-13-30)48-45(47-43)34-21-18-28-14-9-16-35(38(28)25-34)32-22-23-36-31(24-32)19-20-33-26-42-40(27-39(33)36)37-15-7-8-17-41(37)49-42/h1-27H. The van der Waals surface area contributed by atoms with E-state index in [0.29, 0.717) is 17.5 Å². The zero-order valence-corrected chi connectivity index (χ0v) is 26.3. The van der Waals surface area contributed by atoms with Crippen molar-refractivity contribution in [1.29, 1.82) is 0 Å². The molecule has 0 spiro atoms. The van der Waals surface area contributed by atoms with E-state index in [4.69, 9.17) is 19.4 Å². The summed E-state index contributed by atoms with van der Waals surface area (Å²) < 4.78 is 6.18. The molecule has 0 amide bonds. The number of fused-ring (bicyclic) bond motifs is 7. The Morgan fingerprint density at radius 1 is 0.306 bits per heavy atom. The molecular formula is C45H27N3O. The molecule has 0 saturated heterocycles. The second-order valence-corrected chi connectivity index (χ2v) is 12.4. The Bertz CT molecular complexity index is 2820. The molecule has 2 heterocycles. The van der Waals surface area contributed by atoms with E-state index in [-0.39, 0.29) is 0 Å². The Balaban J connectivity index is 1.12. The molecule has 228 valence electrons. The molecule has 10 aromatic rings. The molecule has 0 aliphatic rings. The summed E-state index contributed by atoms with van der Waals surface area (Å²) in [6.45, 7) is 0. The molecule has 4 heteroatoms. The zero-order chi connectivity index (χ0) is 32.3. The second kappa shape index (κ2) is 11.0. The van der Waals surface area contributed by atoms with Crippen molar-refractivity contribution >= 4 is 54.3 Å². The molecule has 0 N–H and O–H groups in total. The van der Waals surface area contributed by atoms with Crippen molar-refractivity contribution in [3.05, 3.63) is 164 Å². The smallest absolute Gasteiger partial charge is 0.164 e. The molecule has 0 fully saturated rings. The fourth-order valence-corrected chi connectivity index (χ4v) is 7.05. The van der Waals surface area contributed by atoms with Gasteiger partial charge in [-0.05, 0) is 73.8 Å². The average Bonchev–Trinajstić information content (AvgIpc) is 3.54. The van der Waals surface area contributed by atoms with Crippen molar-refractivity contribution in [2.24, 2.45) is 0 Å². The Labute approximate surface area is 282 Å². The number of para-hydroxylation sites is 1. The highest BCUT2D eigenvalue weighted by molar-refractivity contribution is 6.17. The van der Waals surface area contributed by atoms with Gasteiger partial charge in [-0.3, -0.25) is 0 Å². The predicted molar refractivity (Wildman–Crippen MR) is 201 cm³/mol. The van der Waals surface area contributed by atoms with E-state index in [1.807, 2.05) is 72.8 Å². The number of aromatic nitrogens is 3. The number of furan rings is 1. The number of benzene rings is 8. The molecule has 0 atom stereocenters. The minimum Gasteiger partial charge on any atom is -0.456 e. The maximum atomic E-state index is 6.18. The predicted octanol–water partition coefficient (Wildman–Crippen LogP) is 11.9. The maximum absolute atomic E-state index is 6.18. The molecule has 0 saturated carbocycles. The summed E-state index contributed by atoms with van der Waals surface area (Å²) in [5.74, 6) is 1.95. The quantitative estimate of drug-likeness (QED) is 0.183. The normalized spacial score (nSPS) is 11.7. The van der Waals surface area contributed by atoms with Gasteiger partial charge in [0, 0.05) is 27.5 Å². The maximum Gasteiger partial charge on any atom is 0.164 e. The molecular weight excluding hydrogens is 599 g/mol. The van der Waals surface area contributed by atoms with E-state index in [1.165, 1.54) is 27.1 Å². The van der Waals surface area contributed by atoms with Crippen LogP contribution in [-0.2, 0) is 0 Å². The molecule has 0 unspecified atom stereocenters. The van der Waals surface area contributed by atoms with Crippen LogP contribution in [0.1, 0.15) is 0 Å². The van der Waals surface area contributed by atoms with Crippen LogP contribution in [0.25, 0.3) is 99.5 Å². The Morgan fingerprint density at radius 3 is 1.69 bits per heavy atom. The van der Waals surface area contributed by atoms with Crippen molar-refractivity contribution in [3.63, 3.8) is 0 Å². The van der Waals surface area contributed by atoms with Gasteiger partial charge in [-0.1, -0.05) is 133 Å². The highest BCUT2D eigenvalue weighted by atomic mass is 16.3. The fourth-order valence-electron chi connectivity index (χ4n) is 7.05. The summed E-state index contributed by atoms with van der Waals surface area (Å²) in [7, 11) is 0. The molecule has 49 heavy (non-hydrogen) atoms. The van der Waals surface area contributed by atoms with E-state index < -0.39 is 0 Å². The third-order valence-electron chi connectivity index (χ3n) is 9.48. The van der Waals surface area contributed by atoms with Crippen LogP contribution in [0, 0.1) is 0 Å². The highest BCUT2D eigenvalue weighted by Crippen LogP contribution is 2.38. The van der Waals surface area contributed by atoms with Crippen LogP contribution < -0.4 is 0 Å². The first-order chi connectivity index (χ1) is 24.2. The Kier molecular flexibility index (Phi) is 6.15. The van der Waals surface area contributed by atoms with E-state index in [9.17, 15) is 0 Å². The lowest BCUT2D eigenvalue weighted by molar-refractivity contribution is 0.669. The number of rotatable bonds is 4. The van der Waals surface area contributed by atoms with Crippen LogP contribution in [0.2, 0.25) is 0 Å². The van der Waals surface area contributed by atoms with Gasteiger partial charge in [-0.15, -0.1) is 0 Å². The van der Waals surface area contributed by atoms with Crippen LogP contribution in [-0.4, -0.2) is 15.0 Å². The minimum atomic E-state index is 0.646. The largest absolute Gasteiger partial charge is 0.456 e. The van der Waals surface area contributed by atoms with Gasteiger partial charge >= 0.3 is 0 Å². The molecule has 0 radical (unpaired) electrons. The van der Waals surface area contributed by atoms with Crippen molar-refractivity contribution in [1.82, 2.24) is 15.0 Å². The summed E-state index contributed by atoms with van der Waals surface area (Å²) in [5.41, 5.74) is 7.01.